The number of piperidine rings is 2. The van der Waals surface area contributed by atoms with E-state index in [0.717, 1.165) is 19.4 Å². The second kappa shape index (κ2) is 5.17. The summed E-state index contributed by atoms with van der Waals surface area (Å²) in [5.41, 5.74) is 0. The van der Waals surface area contributed by atoms with Gasteiger partial charge in [0.05, 0.1) is 6.54 Å². The standard InChI is InChI=1S/C13H22N2O2/c1-3-14(2)13(17)9-15-10-5-4-6-11(15)8-12(16)7-10/h10-11H,3-9H2,1-2H3. The van der Waals surface area contributed by atoms with Crippen LogP contribution in [0.2, 0.25) is 0 Å². The van der Waals surface area contributed by atoms with E-state index in [-0.39, 0.29) is 5.91 Å². The average Bonchev–Trinajstić information content (AvgIpc) is 2.29. The first kappa shape index (κ1) is 12.6. The number of ketones is 1. The Kier molecular flexibility index (Phi) is 3.82. The first-order valence-electron chi connectivity index (χ1n) is 6.63. The number of likely N-dealkylation sites (N-methyl/N-ethyl adjacent to an activating group) is 1. The molecule has 1 amide bonds. The Balaban J connectivity index is 2.00. The topological polar surface area (TPSA) is 40.6 Å². The van der Waals surface area contributed by atoms with Gasteiger partial charge in [0.2, 0.25) is 5.91 Å². The molecule has 0 aromatic rings. The average molecular weight is 238 g/mol. The lowest BCUT2D eigenvalue weighted by Gasteiger charge is -2.45. The van der Waals surface area contributed by atoms with Gasteiger partial charge in [-0.05, 0) is 19.8 Å². The Morgan fingerprint density at radius 1 is 1.35 bits per heavy atom. The smallest absolute Gasteiger partial charge is 0.236 e. The highest BCUT2D eigenvalue weighted by atomic mass is 16.2. The molecule has 0 N–H and O–H groups in total. The van der Waals surface area contributed by atoms with Crippen molar-refractivity contribution in [2.75, 3.05) is 20.1 Å². The third kappa shape index (κ3) is 2.68. The molecule has 0 aromatic heterocycles. The molecule has 2 saturated heterocycles. The van der Waals surface area contributed by atoms with E-state index in [4.69, 9.17) is 0 Å². The highest BCUT2D eigenvalue weighted by molar-refractivity contribution is 5.82. The largest absolute Gasteiger partial charge is 0.345 e. The van der Waals surface area contributed by atoms with Gasteiger partial charge in [-0.3, -0.25) is 14.5 Å². The molecule has 4 heteroatoms. The monoisotopic (exact) mass is 238 g/mol. The minimum Gasteiger partial charge on any atom is -0.345 e. The summed E-state index contributed by atoms with van der Waals surface area (Å²) in [4.78, 5) is 27.6. The maximum Gasteiger partial charge on any atom is 0.236 e. The van der Waals surface area contributed by atoms with Gasteiger partial charge in [0.1, 0.15) is 5.78 Å². The summed E-state index contributed by atoms with van der Waals surface area (Å²) in [7, 11) is 1.84. The molecular weight excluding hydrogens is 216 g/mol. The second-order valence-corrected chi connectivity index (χ2v) is 5.27. The van der Waals surface area contributed by atoms with Gasteiger partial charge in [-0.15, -0.1) is 0 Å². The molecule has 0 spiro atoms. The summed E-state index contributed by atoms with van der Waals surface area (Å²) < 4.78 is 0. The Hall–Kier alpha value is -0.900. The van der Waals surface area contributed by atoms with Crippen molar-refractivity contribution in [2.24, 2.45) is 0 Å². The molecule has 2 aliphatic rings. The second-order valence-electron chi connectivity index (χ2n) is 5.27. The van der Waals surface area contributed by atoms with E-state index in [1.807, 2.05) is 14.0 Å². The van der Waals surface area contributed by atoms with E-state index < -0.39 is 0 Å². The van der Waals surface area contributed by atoms with E-state index in [1.54, 1.807) is 4.90 Å². The predicted molar refractivity (Wildman–Crippen MR) is 65.7 cm³/mol. The third-order valence-corrected chi connectivity index (χ3v) is 4.16. The highest BCUT2D eigenvalue weighted by Gasteiger charge is 2.38. The Morgan fingerprint density at radius 2 is 1.94 bits per heavy atom. The van der Waals surface area contributed by atoms with Gasteiger partial charge in [0, 0.05) is 38.5 Å². The zero-order valence-corrected chi connectivity index (χ0v) is 10.8. The first-order valence-corrected chi connectivity index (χ1v) is 6.63. The molecule has 4 nitrogen and oxygen atoms in total. The number of fused-ring (bicyclic) bond motifs is 2. The number of hydrogen-bond donors (Lipinski definition) is 0. The van der Waals surface area contributed by atoms with Gasteiger partial charge in [0.15, 0.2) is 0 Å². The van der Waals surface area contributed by atoms with Crippen LogP contribution in [0, 0.1) is 0 Å². The van der Waals surface area contributed by atoms with Crippen molar-refractivity contribution in [3.63, 3.8) is 0 Å². The Labute approximate surface area is 103 Å². The molecule has 2 fully saturated rings. The van der Waals surface area contributed by atoms with Crippen LogP contribution in [0.3, 0.4) is 0 Å². The lowest BCUT2D eigenvalue weighted by molar-refractivity contribution is -0.137. The fourth-order valence-corrected chi connectivity index (χ4v) is 2.98. The molecular formula is C13H22N2O2. The fourth-order valence-electron chi connectivity index (χ4n) is 2.98. The van der Waals surface area contributed by atoms with Gasteiger partial charge in [-0.1, -0.05) is 6.42 Å². The maximum absolute atomic E-state index is 12.0. The fraction of sp³-hybridized carbons (Fsp3) is 0.846. The van der Waals surface area contributed by atoms with Crippen LogP contribution in [-0.4, -0.2) is 53.7 Å². The van der Waals surface area contributed by atoms with Gasteiger partial charge in [0.25, 0.3) is 0 Å². The summed E-state index contributed by atoms with van der Waals surface area (Å²) in [6, 6.07) is 0.647. The minimum atomic E-state index is 0.179. The van der Waals surface area contributed by atoms with E-state index in [2.05, 4.69) is 4.90 Å². The minimum absolute atomic E-state index is 0.179. The van der Waals surface area contributed by atoms with E-state index in [1.165, 1.54) is 6.42 Å². The molecule has 17 heavy (non-hydrogen) atoms. The van der Waals surface area contributed by atoms with Crippen molar-refractivity contribution in [1.82, 2.24) is 9.80 Å². The lowest BCUT2D eigenvalue weighted by atomic mass is 9.84. The molecule has 0 aliphatic carbocycles. The lowest BCUT2D eigenvalue weighted by Crippen LogP contribution is -2.55. The summed E-state index contributed by atoms with van der Waals surface area (Å²) >= 11 is 0. The van der Waals surface area contributed by atoms with Crippen LogP contribution in [0.25, 0.3) is 0 Å². The van der Waals surface area contributed by atoms with Gasteiger partial charge in [-0.25, -0.2) is 0 Å². The van der Waals surface area contributed by atoms with E-state index in [0.29, 0.717) is 37.3 Å². The van der Waals surface area contributed by atoms with E-state index in [9.17, 15) is 9.59 Å². The zero-order chi connectivity index (χ0) is 12.4. The number of rotatable bonds is 3. The van der Waals surface area contributed by atoms with Gasteiger partial charge in [-0.2, -0.15) is 0 Å². The molecule has 96 valence electrons. The van der Waals surface area contributed by atoms with Crippen LogP contribution in [0.4, 0.5) is 0 Å². The van der Waals surface area contributed by atoms with Gasteiger partial charge < -0.3 is 4.90 Å². The van der Waals surface area contributed by atoms with Crippen molar-refractivity contribution in [1.29, 1.82) is 0 Å². The number of hydrogen-bond acceptors (Lipinski definition) is 3. The molecule has 0 radical (unpaired) electrons. The summed E-state index contributed by atoms with van der Waals surface area (Å²) in [5.74, 6) is 0.561. The molecule has 0 aromatic carbocycles. The van der Waals surface area contributed by atoms with Gasteiger partial charge >= 0.3 is 0 Å². The summed E-state index contributed by atoms with van der Waals surface area (Å²) in [6.45, 7) is 3.23. The molecule has 2 aliphatic heterocycles. The van der Waals surface area contributed by atoms with Crippen LogP contribution in [0.5, 0.6) is 0 Å². The SMILES string of the molecule is CCN(C)C(=O)CN1C2CCCC1CC(=O)C2. The normalized spacial score (nSPS) is 29.2. The number of carbonyl (C=O) groups is 2. The zero-order valence-electron chi connectivity index (χ0n) is 10.8. The van der Waals surface area contributed by atoms with E-state index >= 15 is 0 Å². The molecule has 2 bridgehead atoms. The van der Waals surface area contributed by atoms with Crippen LogP contribution in [-0.2, 0) is 9.59 Å². The van der Waals surface area contributed by atoms with Crippen LogP contribution >= 0.6 is 0 Å². The molecule has 2 rings (SSSR count). The van der Waals surface area contributed by atoms with Crippen LogP contribution in [0.1, 0.15) is 39.0 Å². The Bertz CT molecular complexity index is 301. The summed E-state index contributed by atoms with van der Waals surface area (Å²) in [6.07, 6.45) is 4.66. The number of carbonyl (C=O) groups excluding carboxylic acids is 2. The van der Waals surface area contributed by atoms with Crippen LogP contribution < -0.4 is 0 Å². The van der Waals surface area contributed by atoms with Crippen molar-refractivity contribution < 1.29 is 9.59 Å². The number of amides is 1. The van der Waals surface area contributed by atoms with Crippen molar-refractivity contribution in [2.45, 2.75) is 51.1 Å². The number of nitrogens with zero attached hydrogens (tertiary/aromatic N) is 2. The molecule has 2 unspecified atom stereocenters. The molecule has 0 saturated carbocycles. The van der Waals surface area contributed by atoms with Crippen LogP contribution in [0.15, 0.2) is 0 Å². The Morgan fingerprint density at radius 3 is 2.47 bits per heavy atom. The highest BCUT2D eigenvalue weighted by Crippen LogP contribution is 2.31. The van der Waals surface area contributed by atoms with Crippen molar-refractivity contribution in [3.8, 4) is 0 Å². The maximum atomic E-state index is 12.0. The van der Waals surface area contributed by atoms with Crippen molar-refractivity contribution >= 4 is 11.7 Å². The van der Waals surface area contributed by atoms with Crippen molar-refractivity contribution in [3.05, 3.63) is 0 Å². The third-order valence-electron chi connectivity index (χ3n) is 4.16. The predicted octanol–water partition coefficient (Wildman–Crippen LogP) is 1.05. The first-order chi connectivity index (χ1) is 8.11. The summed E-state index contributed by atoms with van der Waals surface area (Å²) in [5, 5.41) is 0. The number of Topliss-reactive ketones (excluding diaryl/α,β-unsaturated/α-hetero) is 1. The molecule has 2 atom stereocenters. The quantitative estimate of drug-likeness (QED) is 0.738. The molecule has 2 heterocycles.